The monoisotopic (exact) mass is 385 g/mol. The first kappa shape index (κ1) is 19.3. The van der Waals surface area contributed by atoms with Gasteiger partial charge in [0, 0.05) is 17.6 Å². The summed E-state index contributed by atoms with van der Waals surface area (Å²) < 4.78 is 14.2. The molecule has 4 nitrogen and oxygen atoms in total. The van der Waals surface area contributed by atoms with E-state index in [1.165, 1.54) is 11.0 Å². The number of halogens is 2. The second-order valence-corrected chi connectivity index (χ2v) is 7.02. The number of likely N-dealkylation sites (tertiary alicyclic amines) is 1. The molecule has 0 saturated carbocycles. The van der Waals surface area contributed by atoms with Gasteiger partial charge in [-0.05, 0) is 49.2 Å². The van der Waals surface area contributed by atoms with Crippen LogP contribution in [0, 0.1) is 17.1 Å². The van der Waals surface area contributed by atoms with Crippen molar-refractivity contribution in [1.82, 2.24) is 4.90 Å². The summed E-state index contributed by atoms with van der Waals surface area (Å²) in [6.07, 6.45) is 2.09. The molecular weight excluding hydrogens is 365 g/mol. The number of hydrogen-bond donors (Lipinski definition) is 0. The highest BCUT2D eigenvalue weighted by Crippen LogP contribution is 2.33. The zero-order valence-electron chi connectivity index (χ0n) is 14.9. The van der Waals surface area contributed by atoms with Gasteiger partial charge in [0.15, 0.2) is 0 Å². The summed E-state index contributed by atoms with van der Waals surface area (Å²) in [6, 6.07) is 16.0. The lowest BCUT2D eigenvalue weighted by Crippen LogP contribution is -2.41. The van der Waals surface area contributed by atoms with Gasteiger partial charge in [-0.3, -0.25) is 9.69 Å². The minimum absolute atomic E-state index is 0.117. The van der Waals surface area contributed by atoms with Gasteiger partial charge in [-0.1, -0.05) is 35.9 Å². The van der Waals surface area contributed by atoms with Gasteiger partial charge >= 0.3 is 0 Å². The maximum atomic E-state index is 14.2. The molecule has 1 aliphatic heterocycles. The molecule has 1 unspecified atom stereocenters. The highest BCUT2D eigenvalue weighted by atomic mass is 35.5. The van der Waals surface area contributed by atoms with Crippen LogP contribution >= 0.6 is 11.6 Å². The molecule has 6 heteroatoms. The summed E-state index contributed by atoms with van der Waals surface area (Å²) in [5, 5.41) is 9.58. The number of hydrogen-bond acceptors (Lipinski definition) is 3. The van der Waals surface area contributed by atoms with Crippen molar-refractivity contribution < 1.29 is 9.18 Å². The van der Waals surface area contributed by atoms with Gasteiger partial charge in [0.2, 0.25) is 5.91 Å². The minimum atomic E-state index is -0.461. The molecule has 1 fully saturated rings. The Bertz CT molecular complexity index is 851. The number of carbonyl (C=O) groups excluding carboxylic acids is 1. The molecule has 1 amide bonds. The van der Waals surface area contributed by atoms with Crippen LogP contribution in [0.4, 0.5) is 10.1 Å². The van der Waals surface area contributed by atoms with E-state index in [2.05, 4.69) is 4.90 Å². The molecule has 0 bridgehead atoms. The fraction of sp³-hybridized carbons (Fsp3) is 0.333. The molecule has 27 heavy (non-hydrogen) atoms. The van der Waals surface area contributed by atoms with E-state index in [1.54, 1.807) is 18.2 Å². The molecule has 0 radical (unpaired) electrons. The molecule has 0 N–H and O–H groups in total. The summed E-state index contributed by atoms with van der Waals surface area (Å²) in [5.74, 6) is -0.666. The molecule has 1 saturated heterocycles. The molecule has 2 aromatic carbocycles. The topological polar surface area (TPSA) is 47.3 Å². The average molecular weight is 386 g/mol. The molecule has 1 atom stereocenters. The predicted molar refractivity (Wildman–Crippen MR) is 104 cm³/mol. The summed E-state index contributed by atoms with van der Waals surface area (Å²) in [5.41, 5.74) is 1.30. The van der Waals surface area contributed by atoms with E-state index in [0.29, 0.717) is 5.02 Å². The molecular formula is C21H21ClFN3O. The molecule has 140 valence electrons. The van der Waals surface area contributed by atoms with Crippen LogP contribution in [0.1, 0.15) is 30.9 Å². The third-order valence-corrected chi connectivity index (χ3v) is 5.06. The lowest BCUT2D eigenvalue weighted by Gasteiger charge is -2.28. The normalized spacial score (nSPS) is 16.9. The van der Waals surface area contributed by atoms with Crippen LogP contribution in [0.25, 0.3) is 0 Å². The van der Waals surface area contributed by atoms with E-state index >= 15 is 0 Å². The van der Waals surface area contributed by atoms with Crippen molar-refractivity contribution in [2.45, 2.75) is 25.3 Å². The second-order valence-electron chi connectivity index (χ2n) is 6.59. The van der Waals surface area contributed by atoms with Gasteiger partial charge in [0.25, 0.3) is 0 Å². The third-order valence-electron chi connectivity index (χ3n) is 4.83. The quantitative estimate of drug-likeness (QED) is 0.732. The van der Waals surface area contributed by atoms with Crippen LogP contribution in [0.5, 0.6) is 0 Å². The first-order chi connectivity index (χ1) is 13.1. The van der Waals surface area contributed by atoms with Gasteiger partial charge in [0.05, 0.1) is 24.7 Å². The van der Waals surface area contributed by atoms with E-state index in [-0.39, 0.29) is 37.1 Å². The van der Waals surface area contributed by atoms with Crippen LogP contribution in [0.3, 0.4) is 0 Å². The Labute approximate surface area is 163 Å². The Morgan fingerprint density at radius 2 is 2.11 bits per heavy atom. The molecule has 0 aliphatic carbocycles. The maximum absolute atomic E-state index is 14.2. The van der Waals surface area contributed by atoms with Crippen molar-refractivity contribution in [3.05, 3.63) is 64.9 Å². The Balaban J connectivity index is 1.78. The number of carbonyl (C=O) groups is 1. The molecule has 2 aromatic rings. The number of anilines is 1. The summed E-state index contributed by atoms with van der Waals surface area (Å²) in [6.45, 7) is 1.15. The number of nitriles is 1. The van der Waals surface area contributed by atoms with E-state index in [4.69, 9.17) is 16.9 Å². The molecule has 0 aromatic heterocycles. The van der Waals surface area contributed by atoms with E-state index in [1.807, 2.05) is 30.3 Å². The molecule has 0 spiro atoms. The summed E-state index contributed by atoms with van der Waals surface area (Å²) in [4.78, 5) is 16.5. The van der Waals surface area contributed by atoms with Crippen molar-refractivity contribution in [1.29, 1.82) is 5.26 Å². The first-order valence-electron chi connectivity index (χ1n) is 9.01. The number of rotatable bonds is 6. The van der Waals surface area contributed by atoms with Crippen molar-refractivity contribution in [2.75, 3.05) is 24.5 Å². The fourth-order valence-electron chi connectivity index (χ4n) is 3.58. The van der Waals surface area contributed by atoms with Gasteiger partial charge in [0.1, 0.15) is 5.82 Å². The standard InChI is InChI=1S/C21H21ClFN3O/c22-17-7-3-6-16(14-17)19-10-4-12-25(19)15-21(27)26(13-5-11-24)20-9-2-1-8-18(20)23/h1-3,6-9,14,19H,4-5,10,12-13,15H2. The smallest absolute Gasteiger partial charge is 0.241 e. The summed E-state index contributed by atoms with van der Waals surface area (Å²) >= 11 is 6.12. The first-order valence-corrected chi connectivity index (χ1v) is 9.39. The average Bonchev–Trinajstić information content (AvgIpc) is 3.11. The van der Waals surface area contributed by atoms with Crippen molar-refractivity contribution in [3.8, 4) is 6.07 Å². The second kappa shape index (κ2) is 8.98. The van der Waals surface area contributed by atoms with Crippen LogP contribution in [-0.2, 0) is 4.79 Å². The van der Waals surface area contributed by atoms with Gasteiger partial charge < -0.3 is 4.90 Å². The van der Waals surface area contributed by atoms with Crippen molar-refractivity contribution in [3.63, 3.8) is 0 Å². The zero-order chi connectivity index (χ0) is 19.2. The van der Waals surface area contributed by atoms with Crippen LogP contribution in [0.15, 0.2) is 48.5 Å². The van der Waals surface area contributed by atoms with Gasteiger partial charge in [-0.2, -0.15) is 5.26 Å². The SMILES string of the molecule is N#CCCN(C(=O)CN1CCCC1c1cccc(Cl)c1)c1ccccc1F. The maximum Gasteiger partial charge on any atom is 0.241 e. The highest BCUT2D eigenvalue weighted by molar-refractivity contribution is 6.30. The van der Waals surface area contributed by atoms with Crippen molar-refractivity contribution >= 4 is 23.2 Å². The molecule has 1 aliphatic rings. The molecule has 1 heterocycles. The lowest BCUT2D eigenvalue weighted by atomic mass is 10.0. The van der Waals surface area contributed by atoms with Crippen LogP contribution in [-0.4, -0.2) is 30.4 Å². The van der Waals surface area contributed by atoms with E-state index < -0.39 is 5.82 Å². The number of amides is 1. The number of nitrogens with zero attached hydrogens (tertiary/aromatic N) is 3. The summed E-state index contributed by atoms with van der Waals surface area (Å²) in [7, 11) is 0. The largest absolute Gasteiger partial charge is 0.308 e. The molecule has 3 rings (SSSR count). The fourth-order valence-corrected chi connectivity index (χ4v) is 3.78. The van der Waals surface area contributed by atoms with Gasteiger partial charge in [-0.25, -0.2) is 4.39 Å². The predicted octanol–water partition coefficient (Wildman–Crippen LogP) is 4.56. The highest BCUT2D eigenvalue weighted by Gasteiger charge is 2.30. The number of para-hydroxylation sites is 1. The number of benzene rings is 2. The van der Waals surface area contributed by atoms with Crippen LogP contribution < -0.4 is 4.90 Å². The Hall–Kier alpha value is -2.42. The zero-order valence-corrected chi connectivity index (χ0v) is 15.7. The Morgan fingerprint density at radius 1 is 1.30 bits per heavy atom. The van der Waals surface area contributed by atoms with Crippen LogP contribution in [0.2, 0.25) is 5.02 Å². The van der Waals surface area contributed by atoms with E-state index in [9.17, 15) is 9.18 Å². The van der Waals surface area contributed by atoms with Gasteiger partial charge in [-0.15, -0.1) is 0 Å². The lowest BCUT2D eigenvalue weighted by molar-refractivity contribution is -0.120. The third kappa shape index (κ3) is 4.65. The minimum Gasteiger partial charge on any atom is -0.308 e. The Kier molecular flexibility index (Phi) is 6.44. The van der Waals surface area contributed by atoms with E-state index in [0.717, 1.165) is 24.9 Å². The van der Waals surface area contributed by atoms with Crippen molar-refractivity contribution in [2.24, 2.45) is 0 Å². The Morgan fingerprint density at radius 3 is 2.85 bits per heavy atom.